The number of hydrogen-bond acceptors (Lipinski definition) is 3. The highest BCUT2D eigenvalue weighted by Crippen LogP contribution is 2.32. The van der Waals surface area contributed by atoms with E-state index in [9.17, 15) is 4.79 Å². The third-order valence-corrected chi connectivity index (χ3v) is 6.53. The van der Waals surface area contributed by atoms with Gasteiger partial charge in [-0.1, -0.05) is 41.4 Å². The molecule has 1 aromatic heterocycles. The Kier molecular flexibility index (Phi) is 6.54. The van der Waals surface area contributed by atoms with E-state index in [2.05, 4.69) is 40.3 Å². The van der Waals surface area contributed by atoms with Gasteiger partial charge < -0.3 is 9.80 Å². The number of hydrogen-bond donors (Lipinski definition) is 0. The Hall–Kier alpha value is -2.50. The van der Waals surface area contributed by atoms with Gasteiger partial charge in [0, 0.05) is 38.3 Å². The summed E-state index contributed by atoms with van der Waals surface area (Å²) in [6, 6.07) is 16.0. The van der Waals surface area contributed by atoms with Gasteiger partial charge in [0.2, 0.25) is 5.91 Å². The molecule has 7 heteroatoms. The molecule has 0 radical (unpaired) electrons. The number of rotatable bonds is 5. The van der Waals surface area contributed by atoms with E-state index in [0.717, 1.165) is 47.8 Å². The average molecular weight is 457 g/mol. The van der Waals surface area contributed by atoms with Gasteiger partial charge in [0.05, 0.1) is 27.1 Å². The lowest BCUT2D eigenvalue weighted by atomic mass is 10.1. The minimum absolute atomic E-state index is 0.194. The van der Waals surface area contributed by atoms with Gasteiger partial charge in [-0.15, -0.1) is 0 Å². The van der Waals surface area contributed by atoms with Crippen LogP contribution in [0.4, 0.5) is 5.69 Å². The molecule has 0 aliphatic carbocycles. The number of anilines is 1. The molecule has 1 saturated heterocycles. The molecule has 3 aromatic rings. The van der Waals surface area contributed by atoms with Crippen molar-refractivity contribution < 1.29 is 4.79 Å². The smallest absolute Gasteiger partial charge is 0.223 e. The van der Waals surface area contributed by atoms with Crippen molar-refractivity contribution in [2.75, 3.05) is 31.1 Å². The summed E-state index contributed by atoms with van der Waals surface area (Å²) in [5.74, 6) is 0.194. The summed E-state index contributed by atoms with van der Waals surface area (Å²) >= 11 is 12.5. The van der Waals surface area contributed by atoms with E-state index in [1.165, 1.54) is 0 Å². The van der Waals surface area contributed by atoms with Gasteiger partial charge in [-0.3, -0.25) is 4.79 Å². The van der Waals surface area contributed by atoms with Gasteiger partial charge in [-0.25, -0.2) is 4.68 Å². The van der Waals surface area contributed by atoms with E-state index in [4.69, 9.17) is 23.2 Å². The third-order valence-electron chi connectivity index (χ3n) is 5.72. The zero-order valence-corrected chi connectivity index (χ0v) is 19.3. The summed E-state index contributed by atoms with van der Waals surface area (Å²) in [4.78, 5) is 16.9. The van der Waals surface area contributed by atoms with Crippen LogP contribution in [0, 0.1) is 13.8 Å². The first kappa shape index (κ1) is 21.7. The van der Waals surface area contributed by atoms with Crippen molar-refractivity contribution >= 4 is 34.8 Å². The Bertz CT molecular complexity index is 1070. The fraction of sp³-hybridized carbons (Fsp3) is 0.333. The Morgan fingerprint density at radius 3 is 2.35 bits per heavy atom. The summed E-state index contributed by atoms with van der Waals surface area (Å²) in [6.07, 6.45) is 1.24. The van der Waals surface area contributed by atoms with Crippen molar-refractivity contribution in [3.05, 3.63) is 75.5 Å². The summed E-state index contributed by atoms with van der Waals surface area (Å²) in [6.45, 7) is 6.93. The van der Waals surface area contributed by atoms with Crippen LogP contribution >= 0.6 is 23.2 Å². The van der Waals surface area contributed by atoms with Crippen molar-refractivity contribution in [1.82, 2.24) is 14.7 Å². The Morgan fingerprint density at radius 1 is 1.00 bits per heavy atom. The molecular weight excluding hydrogens is 431 g/mol. The van der Waals surface area contributed by atoms with E-state index >= 15 is 0 Å². The molecule has 162 valence electrons. The Balaban J connectivity index is 1.30. The van der Waals surface area contributed by atoms with Crippen LogP contribution < -0.4 is 4.90 Å². The number of aryl methyl sites for hydroxylation is 3. The van der Waals surface area contributed by atoms with E-state index < -0.39 is 0 Å². The van der Waals surface area contributed by atoms with Crippen LogP contribution in [0.25, 0.3) is 5.69 Å². The summed E-state index contributed by atoms with van der Waals surface area (Å²) < 4.78 is 1.94. The molecule has 0 N–H and O–H groups in total. The fourth-order valence-corrected chi connectivity index (χ4v) is 4.45. The SMILES string of the molecule is Cc1cc(C)n(-c2ccc(CCC(=O)N3CCN(c4cccc(Cl)c4Cl)CC3)cc2)n1. The van der Waals surface area contributed by atoms with Crippen LogP contribution in [-0.4, -0.2) is 46.8 Å². The number of nitrogens with zero attached hydrogens (tertiary/aromatic N) is 4. The monoisotopic (exact) mass is 456 g/mol. The fourth-order valence-electron chi connectivity index (χ4n) is 4.04. The first-order valence-electron chi connectivity index (χ1n) is 10.5. The molecule has 2 heterocycles. The number of carbonyl (C=O) groups excluding carboxylic acids is 1. The molecule has 1 fully saturated rings. The molecule has 4 rings (SSSR count). The van der Waals surface area contributed by atoms with Gasteiger partial charge in [-0.05, 0) is 56.2 Å². The molecular formula is C24H26Cl2N4O. The maximum atomic E-state index is 12.7. The molecule has 2 aromatic carbocycles. The highest BCUT2D eigenvalue weighted by Gasteiger charge is 2.22. The number of aromatic nitrogens is 2. The van der Waals surface area contributed by atoms with Crippen molar-refractivity contribution in [2.45, 2.75) is 26.7 Å². The molecule has 0 spiro atoms. The van der Waals surface area contributed by atoms with Crippen molar-refractivity contribution in [3.8, 4) is 5.69 Å². The second-order valence-electron chi connectivity index (χ2n) is 7.95. The topological polar surface area (TPSA) is 41.4 Å². The highest BCUT2D eigenvalue weighted by atomic mass is 35.5. The molecule has 0 unspecified atom stereocenters. The number of carbonyl (C=O) groups is 1. The van der Waals surface area contributed by atoms with Crippen LogP contribution in [0.5, 0.6) is 0 Å². The first-order valence-corrected chi connectivity index (χ1v) is 11.3. The second kappa shape index (κ2) is 9.33. The molecule has 0 saturated carbocycles. The Labute approximate surface area is 193 Å². The highest BCUT2D eigenvalue weighted by molar-refractivity contribution is 6.43. The minimum Gasteiger partial charge on any atom is -0.367 e. The molecule has 1 aliphatic rings. The number of benzene rings is 2. The molecule has 5 nitrogen and oxygen atoms in total. The number of amides is 1. The van der Waals surface area contributed by atoms with E-state index in [-0.39, 0.29) is 5.91 Å². The lowest BCUT2D eigenvalue weighted by Crippen LogP contribution is -2.49. The maximum absolute atomic E-state index is 12.7. The molecule has 31 heavy (non-hydrogen) atoms. The van der Waals surface area contributed by atoms with Crippen LogP contribution in [0.15, 0.2) is 48.5 Å². The summed E-state index contributed by atoms with van der Waals surface area (Å²) in [5.41, 5.74) is 5.24. The third kappa shape index (κ3) is 4.89. The number of piperazine rings is 1. The normalized spacial score (nSPS) is 14.2. The van der Waals surface area contributed by atoms with Gasteiger partial charge in [0.15, 0.2) is 0 Å². The van der Waals surface area contributed by atoms with E-state index in [1.54, 1.807) is 6.07 Å². The van der Waals surface area contributed by atoms with Crippen LogP contribution in [-0.2, 0) is 11.2 Å². The average Bonchev–Trinajstić information content (AvgIpc) is 3.12. The van der Waals surface area contributed by atoms with Crippen molar-refractivity contribution in [3.63, 3.8) is 0 Å². The second-order valence-corrected chi connectivity index (χ2v) is 8.73. The van der Waals surface area contributed by atoms with Crippen LogP contribution in [0.3, 0.4) is 0 Å². The van der Waals surface area contributed by atoms with Crippen LogP contribution in [0.2, 0.25) is 10.0 Å². The van der Waals surface area contributed by atoms with Gasteiger partial charge >= 0.3 is 0 Å². The molecule has 0 bridgehead atoms. The standard InChI is InChI=1S/C24H26Cl2N4O/c1-17-16-18(2)30(27-17)20-9-6-19(7-10-20)8-11-23(31)29-14-12-28(13-15-29)22-5-3-4-21(25)24(22)26/h3-7,9-10,16H,8,11-15H2,1-2H3. The van der Waals surface area contributed by atoms with Crippen molar-refractivity contribution in [2.24, 2.45) is 0 Å². The quantitative estimate of drug-likeness (QED) is 0.537. The zero-order valence-electron chi connectivity index (χ0n) is 17.8. The summed E-state index contributed by atoms with van der Waals surface area (Å²) in [5, 5.41) is 5.65. The Morgan fingerprint density at radius 2 is 1.71 bits per heavy atom. The van der Waals surface area contributed by atoms with Gasteiger partial charge in [-0.2, -0.15) is 5.10 Å². The lowest BCUT2D eigenvalue weighted by Gasteiger charge is -2.36. The molecule has 1 aliphatic heterocycles. The summed E-state index contributed by atoms with van der Waals surface area (Å²) in [7, 11) is 0. The molecule has 0 atom stereocenters. The molecule has 1 amide bonds. The van der Waals surface area contributed by atoms with Gasteiger partial charge in [0.1, 0.15) is 0 Å². The van der Waals surface area contributed by atoms with E-state index in [0.29, 0.717) is 29.6 Å². The number of halogens is 2. The van der Waals surface area contributed by atoms with Crippen LogP contribution in [0.1, 0.15) is 23.4 Å². The maximum Gasteiger partial charge on any atom is 0.223 e. The zero-order chi connectivity index (χ0) is 22.0. The first-order chi connectivity index (χ1) is 14.9. The van der Waals surface area contributed by atoms with Crippen molar-refractivity contribution in [1.29, 1.82) is 0 Å². The van der Waals surface area contributed by atoms with Gasteiger partial charge in [0.25, 0.3) is 0 Å². The largest absolute Gasteiger partial charge is 0.367 e. The lowest BCUT2D eigenvalue weighted by molar-refractivity contribution is -0.131. The van der Waals surface area contributed by atoms with E-state index in [1.807, 2.05) is 35.6 Å². The predicted molar refractivity (Wildman–Crippen MR) is 127 cm³/mol. The predicted octanol–water partition coefficient (Wildman–Crippen LogP) is 5.08. The minimum atomic E-state index is 0.194.